The Hall–Kier alpha value is -0.130. The van der Waals surface area contributed by atoms with Gasteiger partial charge in [0.2, 0.25) is 10.0 Å². The lowest BCUT2D eigenvalue weighted by molar-refractivity contribution is 0.182. The molecule has 0 rings (SSSR count). The summed E-state index contributed by atoms with van der Waals surface area (Å²) in [5, 5.41) is 8.80. The molecular formula is C6H15NO3S. The van der Waals surface area contributed by atoms with Crippen molar-refractivity contribution in [1.82, 2.24) is 4.72 Å². The van der Waals surface area contributed by atoms with Crippen LogP contribution in [0.5, 0.6) is 0 Å². The quantitative estimate of drug-likeness (QED) is 0.572. The highest BCUT2D eigenvalue weighted by Crippen LogP contribution is 1.93. The Kier molecular flexibility index (Phi) is 4.63. The third-order valence-corrected chi connectivity index (χ3v) is 1.89. The molecule has 68 valence electrons. The van der Waals surface area contributed by atoms with E-state index in [1.807, 2.05) is 0 Å². The third kappa shape index (κ3) is 9.87. The van der Waals surface area contributed by atoms with Crippen LogP contribution in [0.3, 0.4) is 0 Å². The van der Waals surface area contributed by atoms with Crippen LogP contribution >= 0.6 is 0 Å². The van der Waals surface area contributed by atoms with Crippen LogP contribution in [-0.2, 0) is 10.0 Å². The third-order valence-electron chi connectivity index (χ3n) is 1.16. The molecule has 0 heterocycles. The van der Waals surface area contributed by atoms with Crippen molar-refractivity contribution >= 4 is 10.0 Å². The monoisotopic (exact) mass is 181 g/mol. The zero-order valence-corrected chi connectivity index (χ0v) is 7.69. The molecule has 11 heavy (non-hydrogen) atoms. The van der Waals surface area contributed by atoms with Gasteiger partial charge in [0.05, 0.1) is 12.4 Å². The molecule has 0 aromatic carbocycles. The minimum Gasteiger partial charge on any atom is -0.393 e. The second kappa shape index (κ2) is 4.69. The molecule has 4 nitrogen and oxygen atoms in total. The van der Waals surface area contributed by atoms with Crippen molar-refractivity contribution in [2.75, 3.05) is 12.8 Å². The fourth-order valence-electron chi connectivity index (χ4n) is 0.655. The summed E-state index contributed by atoms with van der Waals surface area (Å²) in [6, 6.07) is 0. The van der Waals surface area contributed by atoms with Crippen LogP contribution in [0.4, 0.5) is 0 Å². The zero-order chi connectivity index (χ0) is 8.91. The summed E-state index contributed by atoms with van der Waals surface area (Å²) in [7, 11) is -3.05. The van der Waals surface area contributed by atoms with Crippen molar-refractivity contribution < 1.29 is 13.5 Å². The summed E-state index contributed by atoms with van der Waals surface area (Å²) in [6.45, 7) is 2.09. The van der Waals surface area contributed by atoms with Crippen LogP contribution in [0.25, 0.3) is 0 Å². The SMILES string of the molecule is CC(O)CCCNS(C)(=O)=O. The number of aliphatic hydroxyl groups excluding tert-OH is 1. The van der Waals surface area contributed by atoms with E-state index in [1.165, 1.54) is 0 Å². The van der Waals surface area contributed by atoms with Gasteiger partial charge in [-0.15, -0.1) is 0 Å². The normalized spacial score (nSPS) is 14.8. The number of hydrogen-bond donors (Lipinski definition) is 2. The number of rotatable bonds is 5. The smallest absolute Gasteiger partial charge is 0.208 e. The summed E-state index contributed by atoms with van der Waals surface area (Å²) < 4.78 is 23.3. The van der Waals surface area contributed by atoms with Crippen LogP contribution in [0, 0.1) is 0 Å². The predicted octanol–water partition coefficient (Wildman–Crippen LogP) is -0.303. The molecule has 0 aliphatic rings. The molecule has 0 aliphatic carbocycles. The number of aliphatic hydroxyl groups is 1. The van der Waals surface area contributed by atoms with Crippen LogP contribution in [0.1, 0.15) is 19.8 Å². The van der Waals surface area contributed by atoms with Gasteiger partial charge in [-0.05, 0) is 19.8 Å². The Balaban J connectivity index is 3.30. The average molecular weight is 181 g/mol. The van der Waals surface area contributed by atoms with Crippen LogP contribution in [0.2, 0.25) is 0 Å². The lowest BCUT2D eigenvalue weighted by Crippen LogP contribution is -2.23. The van der Waals surface area contributed by atoms with Gasteiger partial charge in [0.25, 0.3) is 0 Å². The Labute approximate surface area is 67.7 Å². The van der Waals surface area contributed by atoms with Gasteiger partial charge in [-0.25, -0.2) is 13.1 Å². The maximum atomic E-state index is 10.5. The van der Waals surface area contributed by atoms with Crippen LogP contribution in [0.15, 0.2) is 0 Å². The molecule has 5 heteroatoms. The first-order chi connectivity index (χ1) is 4.92. The van der Waals surface area contributed by atoms with Gasteiger partial charge >= 0.3 is 0 Å². The molecule has 0 bridgehead atoms. The van der Waals surface area contributed by atoms with E-state index in [2.05, 4.69) is 4.72 Å². The summed E-state index contributed by atoms with van der Waals surface area (Å²) in [5.41, 5.74) is 0. The van der Waals surface area contributed by atoms with Gasteiger partial charge in [0, 0.05) is 6.54 Å². The van der Waals surface area contributed by atoms with E-state index in [1.54, 1.807) is 6.92 Å². The Bertz CT molecular complexity index is 186. The van der Waals surface area contributed by atoms with Gasteiger partial charge < -0.3 is 5.11 Å². The van der Waals surface area contributed by atoms with E-state index >= 15 is 0 Å². The van der Waals surface area contributed by atoms with Gasteiger partial charge in [0.1, 0.15) is 0 Å². The first-order valence-electron chi connectivity index (χ1n) is 3.54. The largest absolute Gasteiger partial charge is 0.393 e. The highest BCUT2D eigenvalue weighted by Gasteiger charge is 1.99. The highest BCUT2D eigenvalue weighted by atomic mass is 32.2. The Morgan fingerprint density at radius 1 is 1.55 bits per heavy atom. The summed E-state index contributed by atoms with van der Waals surface area (Å²) in [4.78, 5) is 0. The standard InChI is InChI=1S/C6H15NO3S/c1-6(8)4-3-5-7-11(2,9)10/h6-8H,3-5H2,1-2H3. The highest BCUT2D eigenvalue weighted by molar-refractivity contribution is 7.88. The molecule has 0 saturated heterocycles. The van der Waals surface area contributed by atoms with Gasteiger partial charge in [-0.2, -0.15) is 0 Å². The van der Waals surface area contributed by atoms with Crippen LogP contribution in [-0.4, -0.2) is 32.4 Å². The topological polar surface area (TPSA) is 66.4 Å². The molecule has 0 saturated carbocycles. The maximum Gasteiger partial charge on any atom is 0.208 e. The fraction of sp³-hybridized carbons (Fsp3) is 1.00. The molecule has 0 radical (unpaired) electrons. The molecule has 2 N–H and O–H groups in total. The van der Waals surface area contributed by atoms with Crippen molar-refractivity contribution in [2.24, 2.45) is 0 Å². The van der Waals surface area contributed by atoms with Gasteiger partial charge in [-0.3, -0.25) is 0 Å². The van der Waals surface area contributed by atoms with E-state index in [9.17, 15) is 8.42 Å². The van der Waals surface area contributed by atoms with E-state index in [4.69, 9.17) is 5.11 Å². The van der Waals surface area contributed by atoms with E-state index in [0.717, 1.165) is 6.26 Å². The van der Waals surface area contributed by atoms with E-state index in [-0.39, 0.29) is 6.10 Å². The van der Waals surface area contributed by atoms with E-state index < -0.39 is 10.0 Å². The predicted molar refractivity (Wildman–Crippen MR) is 43.8 cm³/mol. The Morgan fingerprint density at radius 3 is 2.45 bits per heavy atom. The fourth-order valence-corrected chi connectivity index (χ4v) is 1.17. The van der Waals surface area contributed by atoms with Crippen LogP contribution < -0.4 is 4.72 Å². The van der Waals surface area contributed by atoms with Gasteiger partial charge in [-0.1, -0.05) is 0 Å². The molecular weight excluding hydrogens is 166 g/mol. The maximum absolute atomic E-state index is 10.5. The van der Waals surface area contributed by atoms with E-state index in [0.29, 0.717) is 19.4 Å². The molecule has 0 aliphatic heterocycles. The zero-order valence-electron chi connectivity index (χ0n) is 6.87. The van der Waals surface area contributed by atoms with Crippen molar-refractivity contribution in [2.45, 2.75) is 25.9 Å². The number of nitrogens with one attached hydrogen (secondary N) is 1. The lowest BCUT2D eigenvalue weighted by Gasteiger charge is -2.03. The second-order valence-electron chi connectivity index (χ2n) is 2.66. The van der Waals surface area contributed by atoms with Crippen molar-refractivity contribution in [3.8, 4) is 0 Å². The first-order valence-corrected chi connectivity index (χ1v) is 5.43. The lowest BCUT2D eigenvalue weighted by atomic mass is 10.2. The summed E-state index contributed by atoms with van der Waals surface area (Å²) >= 11 is 0. The molecule has 0 spiro atoms. The number of hydrogen-bond acceptors (Lipinski definition) is 3. The molecule has 1 atom stereocenters. The average Bonchev–Trinajstić information content (AvgIpc) is 1.78. The summed E-state index contributed by atoms with van der Waals surface area (Å²) in [5.74, 6) is 0. The van der Waals surface area contributed by atoms with Gasteiger partial charge in [0.15, 0.2) is 0 Å². The second-order valence-corrected chi connectivity index (χ2v) is 4.49. The minimum absolute atomic E-state index is 0.351. The van der Waals surface area contributed by atoms with Crippen molar-refractivity contribution in [3.63, 3.8) is 0 Å². The molecule has 0 aromatic rings. The Morgan fingerprint density at radius 2 is 2.09 bits per heavy atom. The molecule has 1 unspecified atom stereocenters. The first kappa shape index (κ1) is 10.9. The minimum atomic E-state index is -3.05. The van der Waals surface area contributed by atoms with Crippen molar-refractivity contribution in [3.05, 3.63) is 0 Å². The molecule has 0 fully saturated rings. The molecule has 0 amide bonds. The molecule has 0 aromatic heterocycles. The number of sulfonamides is 1. The van der Waals surface area contributed by atoms with Crippen molar-refractivity contribution in [1.29, 1.82) is 0 Å². The summed E-state index contributed by atoms with van der Waals surface area (Å²) in [6.07, 6.45) is 2.07.